The van der Waals surface area contributed by atoms with E-state index in [0.29, 0.717) is 12.1 Å². The van der Waals surface area contributed by atoms with Crippen LogP contribution in [-0.2, 0) is 0 Å². The van der Waals surface area contributed by atoms with Gasteiger partial charge in [0, 0.05) is 18.1 Å². The van der Waals surface area contributed by atoms with E-state index in [1.165, 1.54) is 44.1 Å². The van der Waals surface area contributed by atoms with Gasteiger partial charge in [0.15, 0.2) is 0 Å². The largest absolute Gasteiger partial charge is 0.326 e. The van der Waals surface area contributed by atoms with Gasteiger partial charge in [0.1, 0.15) is 0 Å². The van der Waals surface area contributed by atoms with Crippen LogP contribution in [0.25, 0.3) is 0 Å². The molecular formula is C17H28N2. The predicted molar refractivity (Wildman–Crippen MR) is 82.1 cm³/mol. The van der Waals surface area contributed by atoms with E-state index >= 15 is 0 Å². The summed E-state index contributed by atoms with van der Waals surface area (Å²) in [6.07, 6.45) is 8.20. The maximum atomic E-state index is 6.27. The van der Waals surface area contributed by atoms with Crippen LogP contribution in [0.15, 0.2) is 30.3 Å². The van der Waals surface area contributed by atoms with Gasteiger partial charge in [-0.05, 0) is 32.4 Å². The second-order valence-corrected chi connectivity index (χ2v) is 6.03. The standard InChI is InChI=1S/C17H28N2/c1-14(18)17(15-10-6-5-7-11-15)19(2)16-12-8-3-4-9-13-16/h5-7,10-11,14,16-17H,3-4,8-9,12-13,18H2,1-2H3. The topological polar surface area (TPSA) is 29.3 Å². The number of nitrogens with zero attached hydrogens (tertiary/aromatic N) is 1. The summed E-state index contributed by atoms with van der Waals surface area (Å²) < 4.78 is 0. The Bertz CT molecular complexity index is 353. The Labute approximate surface area is 118 Å². The monoisotopic (exact) mass is 260 g/mol. The highest BCUT2D eigenvalue weighted by Crippen LogP contribution is 2.29. The lowest BCUT2D eigenvalue weighted by atomic mass is 9.96. The van der Waals surface area contributed by atoms with E-state index in [0.717, 1.165) is 0 Å². The molecule has 2 atom stereocenters. The number of rotatable bonds is 4. The molecule has 2 rings (SSSR count). The highest BCUT2D eigenvalue weighted by atomic mass is 15.2. The fraction of sp³-hybridized carbons (Fsp3) is 0.647. The molecule has 2 N–H and O–H groups in total. The van der Waals surface area contributed by atoms with Crippen LogP contribution in [0.4, 0.5) is 0 Å². The Morgan fingerprint density at radius 1 is 1.05 bits per heavy atom. The molecule has 1 aromatic carbocycles. The van der Waals surface area contributed by atoms with Crippen molar-refractivity contribution in [2.75, 3.05) is 7.05 Å². The summed E-state index contributed by atoms with van der Waals surface area (Å²) in [5.74, 6) is 0. The van der Waals surface area contributed by atoms with Crippen molar-refractivity contribution in [2.24, 2.45) is 5.73 Å². The van der Waals surface area contributed by atoms with Gasteiger partial charge in [-0.1, -0.05) is 56.0 Å². The van der Waals surface area contributed by atoms with Crippen LogP contribution >= 0.6 is 0 Å². The minimum Gasteiger partial charge on any atom is -0.326 e. The van der Waals surface area contributed by atoms with E-state index in [-0.39, 0.29) is 6.04 Å². The summed E-state index contributed by atoms with van der Waals surface area (Å²) in [5, 5.41) is 0. The van der Waals surface area contributed by atoms with Crippen molar-refractivity contribution in [2.45, 2.75) is 63.6 Å². The molecule has 1 aromatic rings. The summed E-state index contributed by atoms with van der Waals surface area (Å²) in [6.45, 7) is 2.13. The number of hydrogen-bond acceptors (Lipinski definition) is 2. The summed E-state index contributed by atoms with van der Waals surface area (Å²) in [7, 11) is 2.26. The molecular weight excluding hydrogens is 232 g/mol. The van der Waals surface area contributed by atoms with Gasteiger partial charge >= 0.3 is 0 Å². The van der Waals surface area contributed by atoms with Crippen molar-refractivity contribution < 1.29 is 0 Å². The number of hydrogen-bond donors (Lipinski definition) is 1. The van der Waals surface area contributed by atoms with E-state index in [2.05, 4.69) is 49.2 Å². The zero-order valence-corrected chi connectivity index (χ0v) is 12.4. The summed E-state index contributed by atoms with van der Waals surface area (Å²) >= 11 is 0. The lowest BCUT2D eigenvalue weighted by Gasteiger charge is -2.37. The van der Waals surface area contributed by atoms with Crippen LogP contribution in [0.1, 0.15) is 57.1 Å². The van der Waals surface area contributed by atoms with Gasteiger partial charge in [0.25, 0.3) is 0 Å². The number of likely N-dealkylation sites (N-methyl/N-ethyl adjacent to an activating group) is 1. The van der Waals surface area contributed by atoms with Gasteiger partial charge < -0.3 is 5.73 Å². The molecule has 1 fully saturated rings. The smallest absolute Gasteiger partial charge is 0.0496 e. The normalized spacial score (nSPS) is 21.1. The first-order valence-electron chi connectivity index (χ1n) is 7.72. The fourth-order valence-electron chi connectivity index (χ4n) is 3.45. The van der Waals surface area contributed by atoms with E-state index < -0.39 is 0 Å². The zero-order valence-electron chi connectivity index (χ0n) is 12.4. The Morgan fingerprint density at radius 3 is 2.16 bits per heavy atom. The molecule has 0 aliphatic heterocycles. The third-order valence-electron chi connectivity index (χ3n) is 4.48. The second kappa shape index (κ2) is 7.06. The third kappa shape index (κ3) is 3.80. The van der Waals surface area contributed by atoms with Gasteiger partial charge in [-0.2, -0.15) is 0 Å². The van der Waals surface area contributed by atoms with Gasteiger partial charge in [-0.25, -0.2) is 0 Å². The molecule has 0 aromatic heterocycles. The van der Waals surface area contributed by atoms with Crippen molar-refractivity contribution in [3.05, 3.63) is 35.9 Å². The Morgan fingerprint density at radius 2 is 1.63 bits per heavy atom. The van der Waals surface area contributed by atoms with Gasteiger partial charge in [-0.3, -0.25) is 4.90 Å². The van der Waals surface area contributed by atoms with Crippen molar-refractivity contribution >= 4 is 0 Å². The highest BCUT2D eigenvalue weighted by Gasteiger charge is 2.27. The first-order chi connectivity index (χ1) is 9.20. The van der Waals surface area contributed by atoms with E-state index in [1.807, 2.05) is 0 Å². The van der Waals surface area contributed by atoms with Crippen molar-refractivity contribution in [1.82, 2.24) is 4.90 Å². The Balaban J connectivity index is 2.14. The Kier molecular flexibility index (Phi) is 5.41. The number of nitrogens with two attached hydrogens (primary N) is 1. The van der Waals surface area contributed by atoms with Crippen LogP contribution in [0.3, 0.4) is 0 Å². The molecule has 0 heterocycles. The second-order valence-electron chi connectivity index (χ2n) is 6.03. The molecule has 1 saturated carbocycles. The molecule has 0 radical (unpaired) electrons. The third-order valence-corrected chi connectivity index (χ3v) is 4.48. The van der Waals surface area contributed by atoms with Gasteiger partial charge in [0.05, 0.1) is 0 Å². The molecule has 2 heteroatoms. The first kappa shape index (κ1) is 14.5. The molecule has 2 unspecified atom stereocenters. The molecule has 19 heavy (non-hydrogen) atoms. The molecule has 1 aliphatic carbocycles. The first-order valence-corrected chi connectivity index (χ1v) is 7.72. The molecule has 0 saturated heterocycles. The predicted octanol–water partition coefficient (Wildman–Crippen LogP) is 3.73. The zero-order chi connectivity index (χ0) is 13.7. The van der Waals surface area contributed by atoms with E-state index in [9.17, 15) is 0 Å². The minimum absolute atomic E-state index is 0.163. The summed E-state index contributed by atoms with van der Waals surface area (Å²) in [4.78, 5) is 2.53. The molecule has 0 amide bonds. The summed E-state index contributed by atoms with van der Waals surface area (Å²) in [5.41, 5.74) is 7.62. The molecule has 1 aliphatic rings. The van der Waals surface area contributed by atoms with E-state index in [4.69, 9.17) is 5.73 Å². The van der Waals surface area contributed by atoms with Gasteiger partial charge in [-0.15, -0.1) is 0 Å². The molecule has 2 nitrogen and oxygen atoms in total. The van der Waals surface area contributed by atoms with Crippen molar-refractivity contribution in [3.63, 3.8) is 0 Å². The van der Waals surface area contributed by atoms with Crippen LogP contribution < -0.4 is 5.73 Å². The van der Waals surface area contributed by atoms with Crippen LogP contribution in [-0.4, -0.2) is 24.0 Å². The molecule has 0 bridgehead atoms. The lowest BCUT2D eigenvalue weighted by molar-refractivity contribution is 0.141. The van der Waals surface area contributed by atoms with Crippen molar-refractivity contribution in [1.29, 1.82) is 0 Å². The molecule has 0 spiro atoms. The molecule has 106 valence electrons. The average Bonchev–Trinajstić information content (AvgIpc) is 2.68. The van der Waals surface area contributed by atoms with Crippen LogP contribution in [0.2, 0.25) is 0 Å². The maximum absolute atomic E-state index is 6.27. The van der Waals surface area contributed by atoms with E-state index in [1.54, 1.807) is 0 Å². The Hall–Kier alpha value is -0.860. The lowest BCUT2D eigenvalue weighted by Crippen LogP contribution is -2.42. The maximum Gasteiger partial charge on any atom is 0.0496 e. The number of benzene rings is 1. The SMILES string of the molecule is CC(N)C(c1ccccc1)N(C)C1CCCCCC1. The quantitative estimate of drug-likeness (QED) is 0.836. The van der Waals surface area contributed by atoms with Crippen LogP contribution in [0.5, 0.6) is 0 Å². The average molecular weight is 260 g/mol. The van der Waals surface area contributed by atoms with Crippen LogP contribution in [0, 0.1) is 0 Å². The minimum atomic E-state index is 0.163. The highest BCUT2D eigenvalue weighted by molar-refractivity contribution is 5.20. The summed E-state index contributed by atoms with van der Waals surface area (Å²) in [6, 6.07) is 11.9. The van der Waals surface area contributed by atoms with Crippen molar-refractivity contribution in [3.8, 4) is 0 Å². The fourth-order valence-corrected chi connectivity index (χ4v) is 3.45. The van der Waals surface area contributed by atoms with Gasteiger partial charge in [0.2, 0.25) is 0 Å².